The highest BCUT2D eigenvalue weighted by atomic mass is 16.5. The van der Waals surface area contributed by atoms with Gasteiger partial charge in [-0.1, -0.05) is 42.5 Å². The van der Waals surface area contributed by atoms with E-state index in [-0.39, 0.29) is 24.4 Å². The maximum Gasteiger partial charge on any atom is 0.258 e. The fourth-order valence-electron chi connectivity index (χ4n) is 4.43. The monoisotopic (exact) mass is 466 g/mol. The molecule has 0 aliphatic rings. The maximum absolute atomic E-state index is 13.2. The number of aromatic nitrogens is 3. The Morgan fingerprint density at radius 1 is 1.03 bits per heavy atom. The number of ether oxygens (including phenoxy) is 1. The van der Waals surface area contributed by atoms with Crippen molar-refractivity contribution in [3.63, 3.8) is 0 Å². The van der Waals surface area contributed by atoms with Gasteiger partial charge in [0.1, 0.15) is 11.6 Å². The molecule has 35 heavy (non-hydrogen) atoms. The Hall–Kier alpha value is -4.39. The molecular formula is C28H26N4O3. The van der Waals surface area contributed by atoms with Gasteiger partial charge >= 0.3 is 0 Å². The molecule has 0 spiro atoms. The summed E-state index contributed by atoms with van der Waals surface area (Å²) in [6.45, 7) is 0.224. The van der Waals surface area contributed by atoms with Crippen molar-refractivity contribution in [2.75, 3.05) is 7.11 Å². The number of aromatic amines is 1. The van der Waals surface area contributed by atoms with Crippen molar-refractivity contribution < 1.29 is 9.53 Å². The Bertz CT molecular complexity index is 1550. The van der Waals surface area contributed by atoms with Gasteiger partial charge in [0.05, 0.1) is 24.7 Å². The average molecular weight is 467 g/mol. The van der Waals surface area contributed by atoms with E-state index in [1.165, 1.54) is 0 Å². The third kappa shape index (κ3) is 4.40. The van der Waals surface area contributed by atoms with Crippen molar-refractivity contribution in [3.8, 4) is 16.9 Å². The molecule has 0 saturated carbocycles. The number of imidazole rings is 1. The molecular weight excluding hydrogens is 440 g/mol. The Labute approximate surface area is 202 Å². The first kappa shape index (κ1) is 22.4. The highest BCUT2D eigenvalue weighted by molar-refractivity contribution is 5.98. The van der Waals surface area contributed by atoms with Gasteiger partial charge in [-0.05, 0) is 35.9 Å². The number of nitrogens with zero attached hydrogens (tertiary/aromatic N) is 2. The van der Waals surface area contributed by atoms with E-state index in [1.807, 2.05) is 60.7 Å². The molecule has 3 aromatic carbocycles. The second-order valence-electron chi connectivity index (χ2n) is 8.44. The number of para-hydroxylation sites is 2. The molecule has 0 saturated heterocycles. The normalized spacial score (nSPS) is 11.1. The number of aryl methyl sites for hydroxylation is 1. The second-order valence-corrected chi connectivity index (χ2v) is 8.44. The molecule has 1 amide bonds. The smallest absolute Gasteiger partial charge is 0.258 e. The largest absolute Gasteiger partial charge is 0.497 e. The molecule has 2 heterocycles. The number of hydrogen-bond acceptors (Lipinski definition) is 4. The first-order valence-corrected chi connectivity index (χ1v) is 11.5. The molecule has 176 valence electrons. The first-order chi connectivity index (χ1) is 17.0. The Morgan fingerprint density at radius 2 is 1.80 bits per heavy atom. The zero-order chi connectivity index (χ0) is 24.4. The van der Waals surface area contributed by atoms with Crippen LogP contribution in [0, 0.1) is 0 Å². The summed E-state index contributed by atoms with van der Waals surface area (Å²) < 4.78 is 7.05. The van der Waals surface area contributed by atoms with Gasteiger partial charge in [-0.25, -0.2) is 4.98 Å². The summed E-state index contributed by atoms with van der Waals surface area (Å²) in [6.07, 6.45) is 0.787. The number of amides is 1. The van der Waals surface area contributed by atoms with Crippen molar-refractivity contribution in [3.05, 3.63) is 94.7 Å². The molecule has 7 heteroatoms. The molecule has 5 rings (SSSR count). The van der Waals surface area contributed by atoms with Crippen LogP contribution >= 0.6 is 0 Å². The molecule has 0 bridgehead atoms. The van der Waals surface area contributed by atoms with Crippen molar-refractivity contribution >= 4 is 27.7 Å². The molecule has 0 radical (unpaired) electrons. The number of hydrogen-bond donors (Lipinski definition) is 2. The summed E-state index contributed by atoms with van der Waals surface area (Å²) >= 11 is 0. The lowest BCUT2D eigenvalue weighted by Gasteiger charge is -2.18. The number of carbonyl (C=O) groups excluding carboxylic acids is 1. The summed E-state index contributed by atoms with van der Waals surface area (Å²) in [4.78, 5) is 33.7. The molecule has 5 aromatic rings. The number of rotatable bonds is 7. The standard InChI is InChI=1S/C28H26N4O3/c1-32-24(17-29-26(33)15-14-25-30-22-10-6-7-11-23(22)31-25)27(18-8-4-3-5-9-18)21-16-19(35-2)12-13-20(21)28(32)34/h3-13,16H,14-15,17H2,1-2H3,(H,29,33)(H,30,31). The van der Waals surface area contributed by atoms with Crippen LogP contribution in [0.5, 0.6) is 5.75 Å². The fraction of sp³-hybridized carbons (Fsp3) is 0.179. The van der Waals surface area contributed by atoms with Crippen LogP contribution in [-0.4, -0.2) is 27.6 Å². The summed E-state index contributed by atoms with van der Waals surface area (Å²) in [6, 6.07) is 23.1. The molecule has 7 nitrogen and oxygen atoms in total. The average Bonchev–Trinajstić information content (AvgIpc) is 3.32. The van der Waals surface area contributed by atoms with E-state index < -0.39 is 0 Å². The van der Waals surface area contributed by atoms with Crippen LogP contribution in [0.4, 0.5) is 0 Å². The number of nitrogens with one attached hydrogen (secondary N) is 2. The van der Waals surface area contributed by atoms with Crippen LogP contribution in [0.25, 0.3) is 32.9 Å². The van der Waals surface area contributed by atoms with Gasteiger partial charge in [-0.15, -0.1) is 0 Å². The lowest BCUT2D eigenvalue weighted by molar-refractivity contribution is -0.121. The maximum atomic E-state index is 13.2. The van der Waals surface area contributed by atoms with Gasteiger partial charge in [0.25, 0.3) is 5.56 Å². The van der Waals surface area contributed by atoms with Crippen LogP contribution < -0.4 is 15.6 Å². The minimum absolute atomic E-state index is 0.109. The van der Waals surface area contributed by atoms with E-state index in [0.717, 1.165) is 39.1 Å². The number of fused-ring (bicyclic) bond motifs is 2. The van der Waals surface area contributed by atoms with Crippen LogP contribution in [0.2, 0.25) is 0 Å². The van der Waals surface area contributed by atoms with E-state index in [4.69, 9.17) is 4.74 Å². The van der Waals surface area contributed by atoms with Crippen molar-refractivity contribution in [1.82, 2.24) is 19.9 Å². The third-order valence-electron chi connectivity index (χ3n) is 6.27. The summed E-state index contributed by atoms with van der Waals surface area (Å²) in [7, 11) is 3.35. The predicted molar refractivity (Wildman–Crippen MR) is 137 cm³/mol. The topological polar surface area (TPSA) is 89.0 Å². The summed E-state index contributed by atoms with van der Waals surface area (Å²) in [5.74, 6) is 1.34. The van der Waals surface area contributed by atoms with Crippen molar-refractivity contribution in [1.29, 1.82) is 0 Å². The van der Waals surface area contributed by atoms with Crippen LogP contribution in [-0.2, 0) is 24.8 Å². The SMILES string of the molecule is COc1ccc2c(=O)n(C)c(CNC(=O)CCc3nc4ccccc4[nH]3)c(-c3ccccc3)c2c1. The summed E-state index contributed by atoms with van der Waals surface area (Å²) in [5.41, 5.74) is 4.33. The van der Waals surface area contributed by atoms with Crippen LogP contribution in [0.1, 0.15) is 17.9 Å². The molecule has 0 aliphatic carbocycles. The quantitative estimate of drug-likeness (QED) is 0.373. The highest BCUT2D eigenvalue weighted by Gasteiger charge is 2.18. The lowest BCUT2D eigenvalue weighted by Crippen LogP contribution is -2.29. The lowest BCUT2D eigenvalue weighted by atomic mass is 9.96. The number of methoxy groups -OCH3 is 1. The van der Waals surface area contributed by atoms with E-state index in [0.29, 0.717) is 17.6 Å². The number of pyridine rings is 1. The second kappa shape index (κ2) is 9.46. The van der Waals surface area contributed by atoms with Gasteiger partial charge in [0.2, 0.25) is 5.91 Å². The molecule has 0 aliphatic heterocycles. The molecule has 0 fully saturated rings. The van der Waals surface area contributed by atoms with Gasteiger partial charge in [-0.3, -0.25) is 9.59 Å². The number of H-pyrrole nitrogens is 1. The Morgan fingerprint density at radius 3 is 2.57 bits per heavy atom. The summed E-state index contributed by atoms with van der Waals surface area (Å²) in [5, 5.41) is 4.40. The van der Waals surface area contributed by atoms with Gasteiger partial charge < -0.3 is 19.6 Å². The van der Waals surface area contributed by atoms with E-state index in [9.17, 15) is 9.59 Å². The van der Waals surface area contributed by atoms with Gasteiger partial charge in [-0.2, -0.15) is 0 Å². The van der Waals surface area contributed by atoms with Crippen molar-refractivity contribution in [2.45, 2.75) is 19.4 Å². The number of carbonyl (C=O) groups is 1. The van der Waals surface area contributed by atoms with E-state index in [2.05, 4.69) is 15.3 Å². The Kier molecular flexibility index (Phi) is 6.06. The van der Waals surface area contributed by atoms with Crippen LogP contribution in [0.3, 0.4) is 0 Å². The molecule has 2 aromatic heterocycles. The Balaban J connectivity index is 1.44. The van der Waals surface area contributed by atoms with Gasteiger partial charge in [0.15, 0.2) is 0 Å². The molecule has 0 unspecified atom stereocenters. The molecule has 0 atom stereocenters. The first-order valence-electron chi connectivity index (χ1n) is 11.5. The third-order valence-corrected chi connectivity index (χ3v) is 6.27. The zero-order valence-corrected chi connectivity index (χ0v) is 19.7. The van der Waals surface area contributed by atoms with E-state index in [1.54, 1.807) is 30.9 Å². The van der Waals surface area contributed by atoms with E-state index >= 15 is 0 Å². The minimum Gasteiger partial charge on any atom is -0.497 e. The van der Waals surface area contributed by atoms with Crippen LogP contribution in [0.15, 0.2) is 77.6 Å². The fourth-order valence-corrected chi connectivity index (χ4v) is 4.43. The number of benzene rings is 3. The van der Waals surface area contributed by atoms with Gasteiger partial charge in [0, 0.05) is 41.9 Å². The molecule has 2 N–H and O–H groups in total. The van der Waals surface area contributed by atoms with Crippen molar-refractivity contribution in [2.24, 2.45) is 7.05 Å². The highest BCUT2D eigenvalue weighted by Crippen LogP contribution is 2.32. The zero-order valence-electron chi connectivity index (χ0n) is 19.7. The predicted octanol–water partition coefficient (Wildman–Crippen LogP) is 4.34. The minimum atomic E-state index is -0.117.